The minimum absolute atomic E-state index is 0.364. The van der Waals surface area contributed by atoms with Crippen LogP contribution in [0.15, 0.2) is 24.3 Å². The predicted octanol–water partition coefficient (Wildman–Crippen LogP) is 4.21. The standard InChI is InChI=1S/C17H26O2/c1-2-3-4-5-6-7-8-17(19)16-11-9-15(10-12-16)13-14-18/h9-12,14,17,19H,2-8,13H2,1H3. The molecule has 1 atom stereocenters. The first-order valence-electron chi connectivity index (χ1n) is 7.48. The van der Waals surface area contributed by atoms with Crippen molar-refractivity contribution in [2.75, 3.05) is 0 Å². The minimum Gasteiger partial charge on any atom is -0.388 e. The predicted molar refractivity (Wildman–Crippen MR) is 79.2 cm³/mol. The first-order valence-corrected chi connectivity index (χ1v) is 7.48. The Labute approximate surface area is 116 Å². The second-order valence-electron chi connectivity index (χ2n) is 5.18. The Morgan fingerprint density at radius 2 is 1.68 bits per heavy atom. The van der Waals surface area contributed by atoms with E-state index in [2.05, 4.69) is 6.92 Å². The van der Waals surface area contributed by atoms with Crippen LogP contribution in [0.25, 0.3) is 0 Å². The van der Waals surface area contributed by atoms with E-state index in [1.54, 1.807) is 0 Å². The van der Waals surface area contributed by atoms with E-state index in [0.29, 0.717) is 6.42 Å². The maximum absolute atomic E-state index is 10.4. The van der Waals surface area contributed by atoms with Crippen molar-refractivity contribution in [3.8, 4) is 0 Å². The number of aliphatic hydroxyl groups is 1. The van der Waals surface area contributed by atoms with E-state index in [0.717, 1.165) is 30.3 Å². The van der Waals surface area contributed by atoms with E-state index in [-0.39, 0.29) is 6.10 Å². The molecule has 0 amide bonds. The SMILES string of the molecule is CCCCCCCCC(O)c1ccc(CC=O)cc1. The van der Waals surface area contributed by atoms with Crippen molar-refractivity contribution in [3.63, 3.8) is 0 Å². The molecule has 2 nitrogen and oxygen atoms in total. The van der Waals surface area contributed by atoms with Crippen LogP contribution in [0.3, 0.4) is 0 Å². The van der Waals surface area contributed by atoms with E-state index in [1.807, 2.05) is 24.3 Å². The van der Waals surface area contributed by atoms with Gasteiger partial charge in [-0.05, 0) is 17.5 Å². The summed E-state index contributed by atoms with van der Waals surface area (Å²) in [5.41, 5.74) is 1.97. The highest BCUT2D eigenvalue weighted by Gasteiger charge is 2.06. The Bertz CT molecular complexity index is 343. The Morgan fingerprint density at radius 1 is 1.05 bits per heavy atom. The smallest absolute Gasteiger partial charge is 0.124 e. The summed E-state index contributed by atoms with van der Waals surface area (Å²) in [5.74, 6) is 0. The van der Waals surface area contributed by atoms with E-state index in [1.165, 1.54) is 32.1 Å². The third-order valence-corrected chi connectivity index (χ3v) is 3.51. The van der Waals surface area contributed by atoms with Gasteiger partial charge in [0.25, 0.3) is 0 Å². The van der Waals surface area contributed by atoms with Gasteiger partial charge in [-0.2, -0.15) is 0 Å². The summed E-state index contributed by atoms with van der Waals surface area (Å²) in [7, 11) is 0. The number of rotatable bonds is 10. The van der Waals surface area contributed by atoms with Crippen LogP contribution in [0.4, 0.5) is 0 Å². The Balaban J connectivity index is 2.24. The fourth-order valence-corrected chi connectivity index (χ4v) is 2.26. The lowest BCUT2D eigenvalue weighted by Gasteiger charge is -2.11. The fourth-order valence-electron chi connectivity index (χ4n) is 2.26. The van der Waals surface area contributed by atoms with Gasteiger partial charge < -0.3 is 9.90 Å². The molecule has 0 aliphatic heterocycles. The summed E-state index contributed by atoms with van der Waals surface area (Å²) in [6.45, 7) is 2.22. The maximum Gasteiger partial charge on any atom is 0.124 e. The van der Waals surface area contributed by atoms with Crippen LogP contribution in [0.1, 0.15) is 69.1 Å². The summed E-state index contributed by atoms with van der Waals surface area (Å²) in [6, 6.07) is 7.71. The molecule has 0 radical (unpaired) electrons. The lowest BCUT2D eigenvalue weighted by Crippen LogP contribution is -1.98. The van der Waals surface area contributed by atoms with Gasteiger partial charge in [0.1, 0.15) is 6.29 Å². The molecule has 0 saturated carbocycles. The third kappa shape index (κ3) is 6.53. The van der Waals surface area contributed by atoms with Gasteiger partial charge in [0.2, 0.25) is 0 Å². The zero-order chi connectivity index (χ0) is 13.9. The monoisotopic (exact) mass is 262 g/mol. The van der Waals surface area contributed by atoms with E-state index < -0.39 is 0 Å². The molecule has 106 valence electrons. The van der Waals surface area contributed by atoms with Gasteiger partial charge in [-0.15, -0.1) is 0 Å². The number of carbonyl (C=O) groups excluding carboxylic acids is 1. The number of unbranched alkanes of at least 4 members (excludes halogenated alkanes) is 5. The van der Waals surface area contributed by atoms with Crippen LogP contribution >= 0.6 is 0 Å². The van der Waals surface area contributed by atoms with E-state index in [4.69, 9.17) is 0 Å². The van der Waals surface area contributed by atoms with Crippen LogP contribution < -0.4 is 0 Å². The van der Waals surface area contributed by atoms with E-state index >= 15 is 0 Å². The molecule has 19 heavy (non-hydrogen) atoms. The molecule has 0 fully saturated rings. The minimum atomic E-state index is -0.364. The van der Waals surface area contributed by atoms with Gasteiger partial charge in [0.05, 0.1) is 6.10 Å². The Kier molecular flexibility index (Phi) is 8.15. The first kappa shape index (κ1) is 15.9. The lowest BCUT2D eigenvalue weighted by molar-refractivity contribution is -0.107. The van der Waals surface area contributed by atoms with Crippen molar-refractivity contribution in [2.24, 2.45) is 0 Å². The van der Waals surface area contributed by atoms with Crippen LogP contribution in [0.5, 0.6) is 0 Å². The van der Waals surface area contributed by atoms with Gasteiger partial charge in [-0.1, -0.05) is 69.7 Å². The lowest BCUT2D eigenvalue weighted by atomic mass is 10.0. The van der Waals surface area contributed by atoms with Gasteiger partial charge >= 0.3 is 0 Å². The molecule has 0 aliphatic carbocycles. The molecule has 1 aromatic carbocycles. The van der Waals surface area contributed by atoms with E-state index in [9.17, 15) is 9.90 Å². The summed E-state index contributed by atoms with van der Waals surface area (Å²) < 4.78 is 0. The fraction of sp³-hybridized carbons (Fsp3) is 0.588. The highest BCUT2D eigenvalue weighted by Crippen LogP contribution is 2.20. The maximum atomic E-state index is 10.4. The van der Waals surface area contributed by atoms with Crippen LogP contribution in [-0.4, -0.2) is 11.4 Å². The van der Waals surface area contributed by atoms with Crippen LogP contribution in [-0.2, 0) is 11.2 Å². The number of hydrogen-bond donors (Lipinski definition) is 1. The molecule has 0 bridgehead atoms. The molecule has 1 aromatic rings. The highest BCUT2D eigenvalue weighted by atomic mass is 16.3. The molecule has 0 spiro atoms. The van der Waals surface area contributed by atoms with Gasteiger partial charge in [0.15, 0.2) is 0 Å². The number of hydrogen-bond acceptors (Lipinski definition) is 2. The van der Waals surface area contributed by atoms with Crippen molar-refractivity contribution in [1.82, 2.24) is 0 Å². The van der Waals surface area contributed by atoms with Crippen molar-refractivity contribution >= 4 is 6.29 Å². The van der Waals surface area contributed by atoms with Crippen molar-refractivity contribution in [1.29, 1.82) is 0 Å². The molecule has 0 saturated heterocycles. The largest absolute Gasteiger partial charge is 0.388 e. The molecule has 0 aliphatic rings. The van der Waals surface area contributed by atoms with Crippen molar-refractivity contribution < 1.29 is 9.90 Å². The molecule has 1 unspecified atom stereocenters. The molecule has 0 heterocycles. The summed E-state index contributed by atoms with van der Waals surface area (Å²) in [6.07, 6.45) is 9.30. The quantitative estimate of drug-likeness (QED) is 0.506. The third-order valence-electron chi connectivity index (χ3n) is 3.51. The number of carbonyl (C=O) groups is 1. The zero-order valence-corrected chi connectivity index (χ0v) is 12.0. The molecule has 0 aromatic heterocycles. The molecule has 2 heteroatoms. The normalized spacial score (nSPS) is 12.3. The second-order valence-corrected chi connectivity index (χ2v) is 5.18. The molecule has 1 N–H and O–H groups in total. The first-order chi connectivity index (χ1) is 9.27. The summed E-state index contributed by atoms with van der Waals surface area (Å²) in [4.78, 5) is 10.4. The molecule has 1 rings (SSSR count). The average Bonchev–Trinajstić information content (AvgIpc) is 2.43. The summed E-state index contributed by atoms with van der Waals surface area (Å²) >= 11 is 0. The topological polar surface area (TPSA) is 37.3 Å². The number of aldehydes is 1. The van der Waals surface area contributed by atoms with Crippen LogP contribution in [0.2, 0.25) is 0 Å². The average molecular weight is 262 g/mol. The highest BCUT2D eigenvalue weighted by molar-refractivity contribution is 5.54. The Hall–Kier alpha value is -1.15. The van der Waals surface area contributed by atoms with Gasteiger partial charge in [-0.25, -0.2) is 0 Å². The van der Waals surface area contributed by atoms with Gasteiger partial charge in [0, 0.05) is 6.42 Å². The van der Waals surface area contributed by atoms with Crippen LogP contribution in [0, 0.1) is 0 Å². The number of benzene rings is 1. The van der Waals surface area contributed by atoms with Crippen molar-refractivity contribution in [2.45, 2.75) is 64.4 Å². The summed E-state index contributed by atoms with van der Waals surface area (Å²) in [5, 5.41) is 10.1. The number of aliphatic hydroxyl groups excluding tert-OH is 1. The zero-order valence-electron chi connectivity index (χ0n) is 12.0. The molecular weight excluding hydrogens is 236 g/mol. The van der Waals surface area contributed by atoms with Gasteiger partial charge in [-0.3, -0.25) is 0 Å². The Morgan fingerprint density at radius 3 is 2.32 bits per heavy atom. The van der Waals surface area contributed by atoms with Crippen molar-refractivity contribution in [3.05, 3.63) is 35.4 Å². The second kappa shape index (κ2) is 9.74. The molecular formula is C17H26O2.